The van der Waals surface area contributed by atoms with Crippen molar-refractivity contribution in [3.8, 4) is 0 Å². The summed E-state index contributed by atoms with van der Waals surface area (Å²) in [5.41, 5.74) is 4.67. The molecule has 0 aliphatic rings. The Morgan fingerprint density at radius 2 is 2.16 bits per heavy atom. The van der Waals surface area contributed by atoms with E-state index in [1.807, 2.05) is 0 Å². The Morgan fingerprint density at radius 3 is 2.68 bits per heavy atom. The SMILES string of the molecule is CNC(=O)C(C)(C)CNc1cc([N+](=O)[O-])cc(N)n1. The van der Waals surface area contributed by atoms with Crippen LogP contribution in [0.5, 0.6) is 0 Å². The summed E-state index contributed by atoms with van der Waals surface area (Å²) in [4.78, 5) is 25.7. The molecule has 0 unspecified atom stereocenters. The van der Waals surface area contributed by atoms with Crippen LogP contribution in [0.4, 0.5) is 17.3 Å². The molecule has 0 fully saturated rings. The molecule has 1 heterocycles. The van der Waals surface area contributed by atoms with E-state index < -0.39 is 10.3 Å². The molecule has 0 saturated carbocycles. The summed E-state index contributed by atoms with van der Waals surface area (Å²) in [5, 5.41) is 16.1. The average Bonchev–Trinajstić information content (AvgIpc) is 2.34. The van der Waals surface area contributed by atoms with Gasteiger partial charge in [0.2, 0.25) is 5.91 Å². The van der Waals surface area contributed by atoms with E-state index in [-0.39, 0.29) is 29.8 Å². The monoisotopic (exact) mass is 267 g/mol. The molecule has 4 N–H and O–H groups in total. The molecular weight excluding hydrogens is 250 g/mol. The highest BCUT2D eigenvalue weighted by atomic mass is 16.6. The molecule has 104 valence electrons. The molecule has 0 bridgehead atoms. The Kier molecular flexibility index (Phi) is 4.26. The number of hydrogen-bond acceptors (Lipinski definition) is 6. The summed E-state index contributed by atoms with van der Waals surface area (Å²) in [6.07, 6.45) is 0. The maximum absolute atomic E-state index is 11.6. The van der Waals surface area contributed by atoms with Crippen LogP contribution in [-0.2, 0) is 4.79 Å². The standard InChI is InChI=1S/C11H17N5O3/c1-11(2,10(17)13-3)6-14-9-5-7(16(18)19)4-8(12)15-9/h4-5H,6H2,1-3H3,(H,13,17)(H3,12,14,15). The van der Waals surface area contributed by atoms with Crippen molar-refractivity contribution in [2.24, 2.45) is 5.41 Å². The number of pyridine rings is 1. The fraction of sp³-hybridized carbons (Fsp3) is 0.455. The van der Waals surface area contributed by atoms with Crippen molar-refractivity contribution in [3.05, 3.63) is 22.2 Å². The van der Waals surface area contributed by atoms with Crippen molar-refractivity contribution in [3.63, 3.8) is 0 Å². The van der Waals surface area contributed by atoms with Gasteiger partial charge in [-0.3, -0.25) is 14.9 Å². The van der Waals surface area contributed by atoms with Gasteiger partial charge in [-0.05, 0) is 13.8 Å². The second-order valence-electron chi connectivity index (χ2n) is 4.71. The van der Waals surface area contributed by atoms with Crippen molar-refractivity contribution < 1.29 is 9.72 Å². The van der Waals surface area contributed by atoms with Gasteiger partial charge in [0.15, 0.2) is 0 Å². The lowest BCUT2D eigenvalue weighted by Crippen LogP contribution is -2.39. The third kappa shape index (κ3) is 3.80. The van der Waals surface area contributed by atoms with Gasteiger partial charge >= 0.3 is 0 Å². The molecule has 0 radical (unpaired) electrons. The van der Waals surface area contributed by atoms with Gasteiger partial charge in [0, 0.05) is 13.6 Å². The lowest BCUT2D eigenvalue weighted by molar-refractivity contribution is -0.384. The lowest BCUT2D eigenvalue weighted by Gasteiger charge is -2.23. The number of aromatic nitrogens is 1. The zero-order valence-corrected chi connectivity index (χ0v) is 11.1. The van der Waals surface area contributed by atoms with Gasteiger partial charge in [-0.25, -0.2) is 4.98 Å². The minimum absolute atomic E-state index is 0.0504. The Hall–Kier alpha value is -2.38. The van der Waals surface area contributed by atoms with Gasteiger partial charge in [0.05, 0.1) is 22.5 Å². The molecule has 0 aliphatic carbocycles. The molecule has 1 rings (SSSR count). The number of anilines is 2. The minimum Gasteiger partial charge on any atom is -0.383 e. The molecule has 0 saturated heterocycles. The first-order valence-electron chi connectivity index (χ1n) is 5.64. The highest BCUT2D eigenvalue weighted by Gasteiger charge is 2.26. The Bertz CT molecular complexity index is 501. The van der Waals surface area contributed by atoms with Crippen molar-refractivity contribution in [2.75, 3.05) is 24.6 Å². The first kappa shape index (κ1) is 14.7. The number of nitrogens with zero attached hydrogens (tertiary/aromatic N) is 2. The summed E-state index contributed by atoms with van der Waals surface area (Å²) >= 11 is 0. The Labute approximate surface area is 110 Å². The van der Waals surface area contributed by atoms with Gasteiger partial charge in [0.1, 0.15) is 11.6 Å². The second kappa shape index (κ2) is 5.51. The molecule has 1 amide bonds. The van der Waals surface area contributed by atoms with E-state index in [9.17, 15) is 14.9 Å². The largest absolute Gasteiger partial charge is 0.383 e. The normalized spacial score (nSPS) is 10.9. The molecule has 0 aliphatic heterocycles. The van der Waals surface area contributed by atoms with Crippen molar-refractivity contribution in [1.29, 1.82) is 0 Å². The van der Waals surface area contributed by atoms with Crippen LogP contribution in [0.2, 0.25) is 0 Å². The third-order valence-corrected chi connectivity index (χ3v) is 2.59. The minimum atomic E-state index is -0.671. The summed E-state index contributed by atoms with van der Waals surface area (Å²) in [5.74, 6) is 0.177. The summed E-state index contributed by atoms with van der Waals surface area (Å²) in [6, 6.07) is 2.45. The van der Waals surface area contributed by atoms with Crippen LogP contribution in [0.3, 0.4) is 0 Å². The molecular formula is C11H17N5O3. The van der Waals surface area contributed by atoms with E-state index in [1.54, 1.807) is 20.9 Å². The fourth-order valence-electron chi connectivity index (χ4n) is 1.46. The molecule has 0 spiro atoms. The molecule has 0 atom stereocenters. The lowest BCUT2D eigenvalue weighted by atomic mass is 9.92. The van der Waals surface area contributed by atoms with E-state index in [4.69, 9.17) is 5.73 Å². The Morgan fingerprint density at radius 1 is 1.53 bits per heavy atom. The van der Waals surface area contributed by atoms with Crippen molar-refractivity contribution in [1.82, 2.24) is 10.3 Å². The molecule has 1 aromatic heterocycles. The van der Waals surface area contributed by atoms with E-state index in [0.717, 1.165) is 0 Å². The zero-order chi connectivity index (χ0) is 14.6. The predicted octanol–water partition coefficient (Wildman–Crippen LogP) is 0.756. The second-order valence-corrected chi connectivity index (χ2v) is 4.71. The molecule has 8 nitrogen and oxygen atoms in total. The summed E-state index contributed by atoms with van der Waals surface area (Å²) < 4.78 is 0. The number of hydrogen-bond donors (Lipinski definition) is 3. The van der Waals surface area contributed by atoms with Crippen LogP contribution in [0.15, 0.2) is 12.1 Å². The smallest absolute Gasteiger partial charge is 0.276 e. The molecule has 0 aromatic carbocycles. The first-order valence-corrected chi connectivity index (χ1v) is 5.64. The molecule has 8 heteroatoms. The van der Waals surface area contributed by atoms with E-state index in [1.165, 1.54) is 12.1 Å². The summed E-state index contributed by atoms with van der Waals surface area (Å²) in [7, 11) is 1.55. The Balaban J connectivity index is 2.83. The zero-order valence-electron chi connectivity index (χ0n) is 11.1. The number of carbonyl (C=O) groups excluding carboxylic acids is 1. The van der Waals surface area contributed by atoms with Crippen molar-refractivity contribution in [2.45, 2.75) is 13.8 Å². The van der Waals surface area contributed by atoms with Crippen LogP contribution in [-0.4, -0.2) is 29.4 Å². The fourth-order valence-corrected chi connectivity index (χ4v) is 1.46. The third-order valence-electron chi connectivity index (χ3n) is 2.59. The number of nitrogens with one attached hydrogen (secondary N) is 2. The van der Waals surface area contributed by atoms with Crippen LogP contribution in [0, 0.1) is 15.5 Å². The number of nitro groups is 1. The number of nitrogens with two attached hydrogens (primary N) is 1. The van der Waals surface area contributed by atoms with E-state index in [0.29, 0.717) is 0 Å². The van der Waals surface area contributed by atoms with E-state index >= 15 is 0 Å². The van der Waals surface area contributed by atoms with Gasteiger partial charge in [0.25, 0.3) is 5.69 Å². The first-order chi connectivity index (χ1) is 8.76. The highest BCUT2D eigenvalue weighted by Crippen LogP contribution is 2.21. The quantitative estimate of drug-likeness (QED) is 0.534. The number of nitrogen functional groups attached to an aromatic ring is 1. The van der Waals surface area contributed by atoms with Crippen molar-refractivity contribution >= 4 is 23.2 Å². The van der Waals surface area contributed by atoms with Crippen LogP contribution >= 0.6 is 0 Å². The highest BCUT2D eigenvalue weighted by molar-refractivity contribution is 5.82. The number of carbonyl (C=O) groups is 1. The topological polar surface area (TPSA) is 123 Å². The van der Waals surface area contributed by atoms with E-state index in [2.05, 4.69) is 15.6 Å². The van der Waals surface area contributed by atoms with Gasteiger partial charge in [-0.1, -0.05) is 0 Å². The maximum Gasteiger partial charge on any atom is 0.276 e. The maximum atomic E-state index is 11.6. The van der Waals surface area contributed by atoms with Crippen LogP contribution < -0.4 is 16.4 Å². The number of rotatable bonds is 5. The predicted molar refractivity (Wildman–Crippen MR) is 71.6 cm³/mol. The molecule has 19 heavy (non-hydrogen) atoms. The molecule has 1 aromatic rings. The van der Waals surface area contributed by atoms with Crippen LogP contribution in [0.25, 0.3) is 0 Å². The number of amides is 1. The van der Waals surface area contributed by atoms with Crippen LogP contribution in [0.1, 0.15) is 13.8 Å². The average molecular weight is 267 g/mol. The van der Waals surface area contributed by atoms with Gasteiger partial charge in [-0.2, -0.15) is 0 Å². The van der Waals surface area contributed by atoms with Gasteiger partial charge in [-0.15, -0.1) is 0 Å². The van der Waals surface area contributed by atoms with Gasteiger partial charge < -0.3 is 16.4 Å². The summed E-state index contributed by atoms with van der Waals surface area (Å²) in [6.45, 7) is 3.78.